The molecule has 1 spiro atoms. The van der Waals surface area contributed by atoms with Crippen molar-refractivity contribution in [2.45, 2.75) is 32.2 Å². The fourth-order valence-corrected chi connectivity index (χ4v) is 3.32. The molecule has 0 saturated carbocycles. The summed E-state index contributed by atoms with van der Waals surface area (Å²) < 4.78 is 0. The summed E-state index contributed by atoms with van der Waals surface area (Å²) in [6.07, 6.45) is 3.00. The summed E-state index contributed by atoms with van der Waals surface area (Å²) in [6.45, 7) is 5.43. The Morgan fingerprint density at radius 2 is 2.04 bits per heavy atom. The van der Waals surface area contributed by atoms with Gasteiger partial charge in [0.25, 0.3) is 5.91 Å². The van der Waals surface area contributed by atoms with Gasteiger partial charge in [0.15, 0.2) is 5.65 Å². The van der Waals surface area contributed by atoms with Crippen LogP contribution in [-0.2, 0) is 4.79 Å². The highest BCUT2D eigenvalue weighted by Crippen LogP contribution is 2.34. The predicted molar refractivity (Wildman–Crippen MR) is 90.7 cm³/mol. The van der Waals surface area contributed by atoms with Crippen LogP contribution >= 0.6 is 0 Å². The van der Waals surface area contributed by atoms with Crippen molar-refractivity contribution in [3.05, 3.63) is 6.20 Å². The number of hydrogen-bond donors (Lipinski definition) is 3. The minimum atomic E-state index is -0.635. The van der Waals surface area contributed by atoms with Crippen molar-refractivity contribution in [2.75, 3.05) is 23.7 Å². The van der Waals surface area contributed by atoms with Crippen LogP contribution in [0.4, 0.5) is 11.8 Å². The van der Waals surface area contributed by atoms with Gasteiger partial charge in [-0.2, -0.15) is 15.1 Å². The molecule has 2 aliphatic rings. The number of nitrogens with one attached hydrogen (secondary N) is 2. The average molecular weight is 328 g/mol. The Hall–Kier alpha value is -2.71. The van der Waals surface area contributed by atoms with Crippen molar-refractivity contribution in [3.63, 3.8) is 0 Å². The summed E-state index contributed by atoms with van der Waals surface area (Å²) in [5.74, 6) is 1.99. The Kier molecular flexibility index (Phi) is 3.19. The number of aromatic amines is 1. The van der Waals surface area contributed by atoms with Gasteiger partial charge in [0.2, 0.25) is 5.95 Å². The van der Waals surface area contributed by atoms with Crippen LogP contribution in [0.15, 0.2) is 11.2 Å². The maximum atomic E-state index is 12.4. The van der Waals surface area contributed by atoms with Gasteiger partial charge in [0.1, 0.15) is 17.2 Å². The first-order chi connectivity index (χ1) is 11.5. The average Bonchev–Trinajstić information content (AvgIpc) is 3.13. The van der Waals surface area contributed by atoms with Gasteiger partial charge in [0, 0.05) is 19.0 Å². The number of aromatic nitrogens is 4. The van der Waals surface area contributed by atoms with Crippen molar-refractivity contribution in [1.29, 1.82) is 0 Å². The monoisotopic (exact) mass is 328 g/mol. The third-order valence-electron chi connectivity index (χ3n) is 4.74. The van der Waals surface area contributed by atoms with E-state index < -0.39 is 5.54 Å². The van der Waals surface area contributed by atoms with Crippen LogP contribution in [0.25, 0.3) is 11.0 Å². The molecule has 1 amide bonds. The zero-order chi connectivity index (χ0) is 16.9. The molecular weight excluding hydrogens is 308 g/mol. The minimum Gasteiger partial charge on any atom is -0.368 e. The molecule has 9 heteroatoms. The molecule has 0 unspecified atom stereocenters. The number of hydrogen-bond acceptors (Lipinski definition) is 7. The summed E-state index contributed by atoms with van der Waals surface area (Å²) in [5.41, 5.74) is 5.78. The van der Waals surface area contributed by atoms with Gasteiger partial charge in [-0.1, -0.05) is 13.8 Å². The molecule has 1 fully saturated rings. The van der Waals surface area contributed by atoms with E-state index in [-0.39, 0.29) is 17.8 Å². The Morgan fingerprint density at radius 1 is 1.29 bits per heavy atom. The van der Waals surface area contributed by atoms with E-state index in [2.05, 4.69) is 30.4 Å². The number of nitrogen functional groups attached to an aromatic ring is 1. The Balaban J connectivity index is 1.60. The second-order valence-electron chi connectivity index (χ2n) is 6.66. The number of piperidine rings is 1. The highest BCUT2D eigenvalue weighted by Gasteiger charge is 2.46. The molecule has 4 rings (SSSR count). The van der Waals surface area contributed by atoms with Crippen molar-refractivity contribution < 1.29 is 4.79 Å². The van der Waals surface area contributed by atoms with Gasteiger partial charge >= 0.3 is 0 Å². The van der Waals surface area contributed by atoms with Crippen LogP contribution in [-0.4, -0.2) is 50.5 Å². The molecule has 24 heavy (non-hydrogen) atoms. The van der Waals surface area contributed by atoms with Crippen LogP contribution in [0.3, 0.4) is 0 Å². The SMILES string of the molecule is CC(C)C1=NC2(CCN(c3nc(N)nc4[nH]ncc34)CC2)C(=O)N1. The Labute approximate surface area is 138 Å². The summed E-state index contributed by atoms with van der Waals surface area (Å²) in [4.78, 5) is 27.8. The van der Waals surface area contributed by atoms with Crippen LogP contribution in [0.1, 0.15) is 26.7 Å². The van der Waals surface area contributed by atoms with E-state index >= 15 is 0 Å². The number of nitrogens with zero attached hydrogens (tertiary/aromatic N) is 5. The third kappa shape index (κ3) is 2.19. The van der Waals surface area contributed by atoms with E-state index in [1.165, 1.54) is 0 Å². The first kappa shape index (κ1) is 14.9. The number of nitrogens with two attached hydrogens (primary N) is 1. The van der Waals surface area contributed by atoms with E-state index in [1.807, 2.05) is 13.8 Å². The molecule has 0 bridgehead atoms. The highest BCUT2D eigenvalue weighted by atomic mass is 16.2. The fourth-order valence-electron chi connectivity index (χ4n) is 3.32. The molecule has 2 aromatic heterocycles. The lowest BCUT2D eigenvalue weighted by Gasteiger charge is -2.36. The number of carbonyl (C=O) groups is 1. The number of aliphatic imine (C=N–C) groups is 1. The smallest absolute Gasteiger partial charge is 0.253 e. The van der Waals surface area contributed by atoms with E-state index in [4.69, 9.17) is 10.7 Å². The van der Waals surface area contributed by atoms with Gasteiger partial charge in [-0.3, -0.25) is 14.9 Å². The van der Waals surface area contributed by atoms with Crippen LogP contribution in [0.2, 0.25) is 0 Å². The lowest BCUT2D eigenvalue weighted by Crippen LogP contribution is -2.49. The second kappa shape index (κ2) is 5.15. The first-order valence-corrected chi connectivity index (χ1v) is 8.11. The molecule has 0 aliphatic carbocycles. The van der Waals surface area contributed by atoms with E-state index in [9.17, 15) is 4.79 Å². The lowest BCUT2D eigenvalue weighted by molar-refractivity contribution is -0.124. The Morgan fingerprint density at radius 3 is 2.71 bits per heavy atom. The van der Waals surface area contributed by atoms with E-state index in [0.717, 1.165) is 17.0 Å². The molecule has 2 aliphatic heterocycles. The predicted octanol–water partition coefficient (Wildman–Crippen LogP) is 0.458. The molecular formula is C15H20N8O. The molecule has 126 valence electrons. The molecule has 4 N–H and O–H groups in total. The largest absolute Gasteiger partial charge is 0.368 e. The third-order valence-corrected chi connectivity index (χ3v) is 4.74. The summed E-state index contributed by atoms with van der Waals surface area (Å²) in [7, 11) is 0. The van der Waals surface area contributed by atoms with Crippen LogP contribution in [0.5, 0.6) is 0 Å². The topological polar surface area (TPSA) is 125 Å². The molecule has 2 aromatic rings. The summed E-state index contributed by atoms with van der Waals surface area (Å²) in [5, 5.41) is 10.6. The van der Waals surface area contributed by atoms with Gasteiger partial charge in [-0.15, -0.1) is 0 Å². The fraction of sp³-hybridized carbons (Fsp3) is 0.533. The molecule has 4 heterocycles. The number of rotatable bonds is 2. The number of amides is 1. The summed E-state index contributed by atoms with van der Waals surface area (Å²) in [6, 6.07) is 0. The maximum absolute atomic E-state index is 12.4. The zero-order valence-corrected chi connectivity index (χ0v) is 13.7. The molecule has 9 nitrogen and oxygen atoms in total. The van der Waals surface area contributed by atoms with E-state index in [0.29, 0.717) is 31.6 Å². The summed E-state index contributed by atoms with van der Waals surface area (Å²) >= 11 is 0. The first-order valence-electron chi connectivity index (χ1n) is 8.11. The van der Waals surface area contributed by atoms with Crippen LogP contribution < -0.4 is 16.0 Å². The van der Waals surface area contributed by atoms with Crippen molar-refractivity contribution >= 4 is 34.5 Å². The molecule has 0 aromatic carbocycles. The number of fused-ring (bicyclic) bond motifs is 1. The molecule has 0 atom stereocenters. The van der Waals surface area contributed by atoms with E-state index in [1.54, 1.807) is 6.20 Å². The van der Waals surface area contributed by atoms with Gasteiger partial charge < -0.3 is 16.0 Å². The maximum Gasteiger partial charge on any atom is 0.253 e. The molecule has 1 saturated heterocycles. The Bertz CT molecular complexity index is 831. The quantitative estimate of drug-likeness (QED) is 0.735. The minimum absolute atomic E-state index is 0.0153. The van der Waals surface area contributed by atoms with Gasteiger partial charge in [-0.25, -0.2) is 0 Å². The number of amidine groups is 1. The standard InChI is InChI=1S/C15H20N8O/c1-8(2)10-18-13(24)15(21-10)3-5-23(6-4-15)12-9-7-17-22-11(9)19-14(16)20-12/h7-8H,3-6H2,1-2H3,(H,18,21,24)(H3,16,17,19,20,22). The second-order valence-corrected chi connectivity index (χ2v) is 6.66. The van der Waals surface area contributed by atoms with Gasteiger partial charge in [-0.05, 0) is 12.8 Å². The highest BCUT2D eigenvalue weighted by molar-refractivity contribution is 6.09. The van der Waals surface area contributed by atoms with Crippen molar-refractivity contribution in [1.82, 2.24) is 25.5 Å². The number of carbonyl (C=O) groups excluding carboxylic acids is 1. The van der Waals surface area contributed by atoms with Crippen LogP contribution in [0, 0.1) is 5.92 Å². The van der Waals surface area contributed by atoms with Crippen molar-refractivity contribution in [2.24, 2.45) is 10.9 Å². The number of H-pyrrole nitrogens is 1. The zero-order valence-electron chi connectivity index (χ0n) is 13.7. The number of anilines is 2. The lowest BCUT2D eigenvalue weighted by atomic mass is 9.88. The van der Waals surface area contributed by atoms with Gasteiger partial charge in [0.05, 0.1) is 11.6 Å². The molecule has 0 radical (unpaired) electrons. The normalized spacial score (nSPS) is 20.0. The van der Waals surface area contributed by atoms with Crippen molar-refractivity contribution in [3.8, 4) is 0 Å².